The number of likely N-dealkylation sites (tertiary alicyclic amines) is 1. The van der Waals surface area contributed by atoms with Gasteiger partial charge in [0, 0.05) is 5.56 Å². The summed E-state index contributed by atoms with van der Waals surface area (Å²) in [5, 5.41) is 16.2. The molecule has 1 aliphatic rings. The number of hydrogen-bond acceptors (Lipinski definition) is 5. The third-order valence-corrected chi connectivity index (χ3v) is 6.47. The summed E-state index contributed by atoms with van der Waals surface area (Å²) in [5.74, 6) is 1.38. The van der Waals surface area contributed by atoms with Crippen molar-refractivity contribution >= 4 is 0 Å². The van der Waals surface area contributed by atoms with Gasteiger partial charge in [0.25, 0.3) is 0 Å². The lowest BCUT2D eigenvalue weighted by molar-refractivity contribution is -0.0163. The molecule has 0 unspecified atom stereocenters. The van der Waals surface area contributed by atoms with E-state index in [4.69, 9.17) is 4.52 Å². The number of aliphatic hydroxyl groups is 1. The van der Waals surface area contributed by atoms with Gasteiger partial charge in [-0.1, -0.05) is 96.2 Å². The van der Waals surface area contributed by atoms with Crippen LogP contribution in [0.2, 0.25) is 0 Å². The van der Waals surface area contributed by atoms with Gasteiger partial charge >= 0.3 is 0 Å². The highest BCUT2D eigenvalue weighted by atomic mass is 16.5. The fourth-order valence-electron chi connectivity index (χ4n) is 4.75. The van der Waals surface area contributed by atoms with Crippen LogP contribution in [0, 0.1) is 5.92 Å². The standard InChI is InChI=1S/C27H27N3O2/c31-27(22-12-6-2-7-13-22,23-14-8-3-9-15-23)24-16-18-30(19-17-24)20-25-28-26(29-32-25)21-10-4-1-5-11-21/h1-15,24,31H,16-20H2. The van der Waals surface area contributed by atoms with Crippen molar-refractivity contribution in [3.63, 3.8) is 0 Å². The lowest BCUT2D eigenvalue weighted by Gasteiger charge is -2.42. The zero-order valence-electron chi connectivity index (χ0n) is 18.0. The molecule has 5 rings (SSSR count). The fourth-order valence-corrected chi connectivity index (χ4v) is 4.75. The van der Waals surface area contributed by atoms with Gasteiger partial charge in [-0.15, -0.1) is 0 Å². The van der Waals surface area contributed by atoms with Crippen molar-refractivity contribution < 1.29 is 9.63 Å². The maximum absolute atomic E-state index is 12.0. The van der Waals surface area contributed by atoms with Gasteiger partial charge in [0.2, 0.25) is 11.7 Å². The number of nitrogens with zero attached hydrogens (tertiary/aromatic N) is 3. The molecule has 3 aromatic carbocycles. The van der Waals surface area contributed by atoms with Crippen LogP contribution in [0.1, 0.15) is 29.9 Å². The summed E-state index contributed by atoms with van der Waals surface area (Å²) in [6.45, 7) is 2.37. The Morgan fingerprint density at radius 3 is 1.91 bits per heavy atom. The van der Waals surface area contributed by atoms with Gasteiger partial charge in [0.15, 0.2) is 0 Å². The van der Waals surface area contributed by atoms with E-state index in [0.717, 1.165) is 42.6 Å². The maximum Gasteiger partial charge on any atom is 0.241 e. The molecular formula is C27H27N3O2. The summed E-state index contributed by atoms with van der Waals surface area (Å²) >= 11 is 0. The van der Waals surface area contributed by atoms with Crippen LogP contribution in [0.5, 0.6) is 0 Å². The smallest absolute Gasteiger partial charge is 0.241 e. The van der Waals surface area contributed by atoms with Gasteiger partial charge in [-0.2, -0.15) is 4.98 Å². The molecule has 0 aliphatic carbocycles. The predicted molar refractivity (Wildman–Crippen MR) is 124 cm³/mol. The van der Waals surface area contributed by atoms with Gasteiger partial charge in [-0.25, -0.2) is 0 Å². The topological polar surface area (TPSA) is 62.4 Å². The average Bonchev–Trinajstić information content (AvgIpc) is 3.34. The van der Waals surface area contributed by atoms with E-state index < -0.39 is 5.60 Å². The summed E-state index contributed by atoms with van der Waals surface area (Å²) in [6.07, 6.45) is 1.78. The zero-order chi connectivity index (χ0) is 21.8. The van der Waals surface area contributed by atoms with E-state index in [2.05, 4.69) is 15.0 Å². The molecule has 1 N–H and O–H groups in total. The van der Waals surface area contributed by atoms with Crippen molar-refractivity contribution in [3.8, 4) is 11.4 Å². The van der Waals surface area contributed by atoms with Crippen LogP contribution in [-0.4, -0.2) is 33.2 Å². The van der Waals surface area contributed by atoms with Gasteiger partial charge < -0.3 is 9.63 Å². The quantitative estimate of drug-likeness (QED) is 0.477. The summed E-state index contributed by atoms with van der Waals surface area (Å²) in [7, 11) is 0. The molecule has 32 heavy (non-hydrogen) atoms. The molecule has 5 heteroatoms. The van der Waals surface area contributed by atoms with Crippen molar-refractivity contribution in [1.82, 2.24) is 15.0 Å². The summed E-state index contributed by atoms with van der Waals surface area (Å²) in [5.41, 5.74) is 1.86. The second-order valence-corrected chi connectivity index (χ2v) is 8.43. The van der Waals surface area contributed by atoms with E-state index in [1.165, 1.54) is 0 Å². The summed E-state index contributed by atoms with van der Waals surface area (Å²) < 4.78 is 5.50. The Hall–Kier alpha value is -3.28. The highest BCUT2D eigenvalue weighted by Gasteiger charge is 2.41. The number of piperidine rings is 1. The zero-order valence-corrected chi connectivity index (χ0v) is 18.0. The molecule has 2 heterocycles. The van der Waals surface area contributed by atoms with E-state index in [1.807, 2.05) is 91.0 Å². The molecule has 1 fully saturated rings. The minimum absolute atomic E-state index is 0.131. The second-order valence-electron chi connectivity index (χ2n) is 8.43. The van der Waals surface area contributed by atoms with Crippen LogP contribution in [0.15, 0.2) is 95.5 Å². The SMILES string of the molecule is OC(c1ccccc1)(c1ccccc1)C1CCN(Cc2nc(-c3ccccc3)no2)CC1. The molecule has 1 saturated heterocycles. The van der Waals surface area contributed by atoms with Gasteiger partial charge in [-0.3, -0.25) is 4.90 Å². The first-order valence-electron chi connectivity index (χ1n) is 11.2. The monoisotopic (exact) mass is 425 g/mol. The molecule has 5 nitrogen and oxygen atoms in total. The Morgan fingerprint density at radius 1 is 0.812 bits per heavy atom. The first-order chi connectivity index (χ1) is 15.7. The van der Waals surface area contributed by atoms with E-state index in [0.29, 0.717) is 18.3 Å². The predicted octanol–water partition coefficient (Wildman–Crippen LogP) is 4.88. The minimum Gasteiger partial charge on any atom is -0.380 e. The molecule has 4 aromatic rings. The van der Waals surface area contributed by atoms with Crippen molar-refractivity contribution in [3.05, 3.63) is 108 Å². The Morgan fingerprint density at radius 2 is 1.34 bits per heavy atom. The molecule has 0 bridgehead atoms. The highest BCUT2D eigenvalue weighted by molar-refractivity contribution is 5.53. The molecule has 0 atom stereocenters. The number of aromatic nitrogens is 2. The van der Waals surface area contributed by atoms with Crippen LogP contribution in [-0.2, 0) is 12.1 Å². The third kappa shape index (κ3) is 4.09. The number of benzene rings is 3. The minimum atomic E-state index is -1.00. The first-order valence-corrected chi connectivity index (χ1v) is 11.2. The lowest BCUT2D eigenvalue weighted by atomic mass is 9.72. The summed E-state index contributed by atoms with van der Waals surface area (Å²) in [4.78, 5) is 6.90. The maximum atomic E-state index is 12.0. The van der Waals surface area contributed by atoms with E-state index in [1.54, 1.807) is 0 Å². The van der Waals surface area contributed by atoms with Crippen LogP contribution in [0.3, 0.4) is 0 Å². The van der Waals surface area contributed by atoms with Crippen molar-refractivity contribution in [2.24, 2.45) is 5.92 Å². The van der Waals surface area contributed by atoms with Crippen LogP contribution in [0.4, 0.5) is 0 Å². The third-order valence-electron chi connectivity index (χ3n) is 6.47. The normalized spacial score (nSPS) is 15.7. The fraction of sp³-hybridized carbons (Fsp3) is 0.259. The highest BCUT2D eigenvalue weighted by Crippen LogP contribution is 2.42. The Bertz CT molecular complexity index is 1080. The molecule has 1 aromatic heterocycles. The van der Waals surface area contributed by atoms with Crippen molar-refractivity contribution in [2.45, 2.75) is 25.0 Å². The van der Waals surface area contributed by atoms with Crippen LogP contribution in [0.25, 0.3) is 11.4 Å². The first kappa shape index (κ1) is 20.6. The second kappa shape index (κ2) is 9.07. The molecule has 0 spiro atoms. The molecule has 0 radical (unpaired) electrons. The molecule has 0 saturated carbocycles. The van der Waals surface area contributed by atoms with Crippen LogP contribution < -0.4 is 0 Å². The van der Waals surface area contributed by atoms with Gasteiger partial charge in [-0.05, 0) is 43.0 Å². The molecule has 162 valence electrons. The number of hydrogen-bond donors (Lipinski definition) is 1. The molecular weight excluding hydrogens is 398 g/mol. The van der Waals surface area contributed by atoms with Gasteiger partial charge in [0.1, 0.15) is 5.60 Å². The van der Waals surface area contributed by atoms with E-state index >= 15 is 0 Å². The van der Waals surface area contributed by atoms with E-state index in [9.17, 15) is 5.11 Å². The Balaban J connectivity index is 1.29. The average molecular weight is 426 g/mol. The molecule has 0 amide bonds. The Kier molecular flexibility index (Phi) is 5.84. The van der Waals surface area contributed by atoms with E-state index in [-0.39, 0.29) is 5.92 Å². The lowest BCUT2D eigenvalue weighted by Crippen LogP contribution is -2.44. The van der Waals surface area contributed by atoms with Crippen LogP contribution >= 0.6 is 0 Å². The Labute approximate surface area is 188 Å². The summed E-state index contributed by atoms with van der Waals surface area (Å²) in [6, 6.07) is 30.0. The molecule has 1 aliphatic heterocycles. The van der Waals surface area contributed by atoms with Crippen molar-refractivity contribution in [1.29, 1.82) is 0 Å². The largest absolute Gasteiger partial charge is 0.380 e. The number of rotatable bonds is 6. The van der Waals surface area contributed by atoms with Gasteiger partial charge in [0.05, 0.1) is 6.54 Å². The van der Waals surface area contributed by atoms with Crippen molar-refractivity contribution in [2.75, 3.05) is 13.1 Å².